The van der Waals surface area contributed by atoms with E-state index in [4.69, 9.17) is 0 Å². The smallest absolute Gasteiger partial charge is 0.319 e. The van der Waals surface area contributed by atoms with Crippen LogP contribution in [0, 0.1) is 6.92 Å². The van der Waals surface area contributed by atoms with E-state index in [-0.39, 0.29) is 18.3 Å². The minimum Gasteiger partial charge on any atom is -0.334 e. The van der Waals surface area contributed by atoms with E-state index in [1.54, 1.807) is 26.1 Å². The molecule has 0 aliphatic heterocycles. The van der Waals surface area contributed by atoms with Gasteiger partial charge in [-0.15, -0.1) is 0 Å². The first kappa shape index (κ1) is 17.7. The maximum Gasteiger partial charge on any atom is 0.319 e. The fourth-order valence-electron chi connectivity index (χ4n) is 2.69. The van der Waals surface area contributed by atoms with Crippen LogP contribution in [0.15, 0.2) is 54.9 Å². The molecule has 2 aromatic heterocycles. The molecule has 0 atom stereocenters. The van der Waals surface area contributed by atoms with Crippen LogP contribution in [0.5, 0.6) is 0 Å². The van der Waals surface area contributed by atoms with Gasteiger partial charge in [0.25, 0.3) is 5.91 Å². The quantitative estimate of drug-likeness (QED) is 0.696. The summed E-state index contributed by atoms with van der Waals surface area (Å²) in [5.41, 5.74) is 2.75. The van der Waals surface area contributed by atoms with Gasteiger partial charge in [0.15, 0.2) is 0 Å². The molecule has 3 rings (SSSR count). The van der Waals surface area contributed by atoms with Crippen LogP contribution >= 0.6 is 0 Å². The van der Waals surface area contributed by atoms with E-state index >= 15 is 0 Å². The molecular formula is C19H18F2N4O. The number of halogens is 2. The molecule has 0 bridgehead atoms. The number of amides is 1. The first-order valence-electron chi connectivity index (χ1n) is 8.05. The van der Waals surface area contributed by atoms with Crippen LogP contribution < -0.4 is 0 Å². The van der Waals surface area contributed by atoms with E-state index in [9.17, 15) is 13.6 Å². The van der Waals surface area contributed by atoms with E-state index in [2.05, 4.69) is 9.97 Å². The third kappa shape index (κ3) is 3.61. The van der Waals surface area contributed by atoms with E-state index in [1.165, 1.54) is 17.3 Å². The van der Waals surface area contributed by atoms with Crippen molar-refractivity contribution in [1.82, 2.24) is 19.4 Å². The SMILES string of the molecule is Cc1nc(-c2ccccc2)ccc1C(=O)N(C)Cc1nccn1C(F)F. The minimum atomic E-state index is -2.69. The van der Waals surface area contributed by atoms with Crippen molar-refractivity contribution in [3.63, 3.8) is 0 Å². The first-order chi connectivity index (χ1) is 12.5. The van der Waals surface area contributed by atoms with Crippen LogP contribution in [-0.4, -0.2) is 32.4 Å². The predicted molar refractivity (Wildman–Crippen MR) is 93.7 cm³/mol. The second-order valence-corrected chi connectivity index (χ2v) is 5.89. The Labute approximate surface area is 149 Å². The lowest BCUT2D eigenvalue weighted by Crippen LogP contribution is -2.28. The number of alkyl halides is 2. The summed E-state index contributed by atoms with van der Waals surface area (Å²) in [5.74, 6) is -0.166. The summed E-state index contributed by atoms with van der Waals surface area (Å²) in [5, 5.41) is 0. The monoisotopic (exact) mass is 356 g/mol. The zero-order valence-corrected chi connectivity index (χ0v) is 14.4. The second-order valence-electron chi connectivity index (χ2n) is 5.89. The van der Waals surface area contributed by atoms with Gasteiger partial charge >= 0.3 is 6.55 Å². The minimum absolute atomic E-state index is 0.0178. The van der Waals surface area contributed by atoms with Crippen LogP contribution in [0.1, 0.15) is 28.4 Å². The molecule has 0 saturated heterocycles. The molecule has 7 heteroatoms. The first-order valence-corrected chi connectivity index (χ1v) is 8.05. The zero-order chi connectivity index (χ0) is 18.7. The van der Waals surface area contributed by atoms with Crippen molar-refractivity contribution in [3.8, 4) is 11.3 Å². The summed E-state index contributed by atoms with van der Waals surface area (Å²) in [6.45, 7) is -0.950. The highest BCUT2D eigenvalue weighted by atomic mass is 19.3. The van der Waals surface area contributed by atoms with Crippen molar-refractivity contribution in [1.29, 1.82) is 0 Å². The molecule has 1 amide bonds. The molecule has 2 heterocycles. The van der Waals surface area contributed by atoms with Gasteiger partial charge in [0.1, 0.15) is 5.82 Å². The molecular weight excluding hydrogens is 338 g/mol. The Hall–Kier alpha value is -3.09. The van der Waals surface area contributed by atoms with Gasteiger partial charge < -0.3 is 4.90 Å². The van der Waals surface area contributed by atoms with Gasteiger partial charge in [0, 0.05) is 25.0 Å². The zero-order valence-electron chi connectivity index (χ0n) is 14.4. The molecule has 0 saturated carbocycles. The summed E-state index contributed by atoms with van der Waals surface area (Å²) in [6, 6.07) is 13.1. The van der Waals surface area contributed by atoms with Crippen molar-refractivity contribution in [2.24, 2.45) is 0 Å². The van der Waals surface area contributed by atoms with Gasteiger partial charge in [0.2, 0.25) is 0 Å². The fourth-order valence-corrected chi connectivity index (χ4v) is 2.69. The molecule has 134 valence electrons. The van der Waals surface area contributed by atoms with Gasteiger partial charge in [-0.05, 0) is 19.1 Å². The Balaban J connectivity index is 1.80. The largest absolute Gasteiger partial charge is 0.334 e. The summed E-state index contributed by atoms with van der Waals surface area (Å²) in [6.07, 6.45) is 2.49. The van der Waals surface area contributed by atoms with Crippen LogP contribution in [-0.2, 0) is 6.54 Å². The van der Waals surface area contributed by atoms with Gasteiger partial charge in [-0.25, -0.2) is 4.98 Å². The molecule has 0 radical (unpaired) electrons. The number of aromatic nitrogens is 3. The highest BCUT2D eigenvalue weighted by Crippen LogP contribution is 2.20. The molecule has 0 fully saturated rings. The second kappa shape index (κ2) is 7.43. The number of carbonyl (C=O) groups excluding carboxylic acids is 1. The van der Waals surface area contributed by atoms with E-state index < -0.39 is 6.55 Å². The highest BCUT2D eigenvalue weighted by molar-refractivity contribution is 5.95. The highest BCUT2D eigenvalue weighted by Gasteiger charge is 2.19. The van der Waals surface area contributed by atoms with Gasteiger partial charge in [-0.2, -0.15) is 8.78 Å². The molecule has 0 aliphatic carbocycles. The lowest BCUT2D eigenvalue weighted by Gasteiger charge is -2.18. The van der Waals surface area contributed by atoms with Crippen molar-refractivity contribution < 1.29 is 13.6 Å². The van der Waals surface area contributed by atoms with E-state index in [0.29, 0.717) is 11.3 Å². The lowest BCUT2D eigenvalue weighted by molar-refractivity contribution is 0.0612. The third-order valence-electron chi connectivity index (χ3n) is 4.07. The average Bonchev–Trinajstić information content (AvgIpc) is 3.10. The number of pyridine rings is 1. The molecule has 0 aliphatic rings. The number of benzene rings is 1. The van der Waals surface area contributed by atoms with Crippen LogP contribution in [0.2, 0.25) is 0 Å². The molecule has 0 unspecified atom stereocenters. The summed E-state index contributed by atoms with van der Waals surface area (Å²) >= 11 is 0. The molecule has 26 heavy (non-hydrogen) atoms. The Kier molecular flexibility index (Phi) is 5.06. The maximum absolute atomic E-state index is 12.9. The normalized spacial score (nSPS) is 11.0. The third-order valence-corrected chi connectivity index (χ3v) is 4.07. The van der Waals surface area contributed by atoms with Gasteiger partial charge in [-0.3, -0.25) is 14.3 Å². The topological polar surface area (TPSA) is 51.0 Å². The van der Waals surface area contributed by atoms with E-state index in [0.717, 1.165) is 15.8 Å². The number of nitrogens with zero attached hydrogens (tertiary/aromatic N) is 4. The molecule has 5 nitrogen and oxygen atoms in total. The van der Waals surface area contributed by atoms with Crippen LogP contribution in [0.3, 0.4) is 0 Å². The lowest BCUT2D eigenvalue weighted by atomic mass is 10.1. The van der Waals surface area contributed by atoms with Crippen molar-refractivity contribution in [3.05, 3.63) is 71.9 Å². The van der Waals surface area contributed by atoms with Crippen molar-refractivity contribution >= 4 is 5.91 Å². The van der Waals surface area contributed by atoms with Crippen LogP contribution in [0.4, 0.5) is 8.78 Å². The number of rotatable bonds is 5. The summed E-state index contributed by atoms with van der Waals surface area (Å²) in [4.78, 5) is 22.4. The standard InChI is InChI=1S/C19H18F2N4O/c1-13-15(8-9-16(23-13)14-6-4-3-5-7-14)18(26)24(2)12-17-22-10-11-25(17)19(20)21/h3-11,19H,12H2,1-2H3. The molecule has 0 N–H and O–H groups in total. The molecule has 0 spiro atoms. The summed E-state index contributed by atoms with van der Waals surface area (Å²) in [7, 11) is 1.55. The van der Waals surface area contributed by atoms with Gasteiger partial charge in [-0.1, -0.05) is 30.3 Å². The Morgan fingerprint density at radius 2 is 1.92 bits per heavy atom. The number of carbonyl (C=O) groups is 1. The van der Waals surface area contributed by atoms with Crippen LogP contribution in [0.25, 0.3) is 11.3 Å². The average molecular weight is 356 g/mol. The maximum atomic E-state index is 12.9. The molecule has 1 aromatic carbocycles. The Morgan fingerprint density at radius 1 is 1.19 bits per heavy atom. The number of hydrogen-bond acceptors (Lipinski definition) is 3. The molecule has 3 aromatic rings. The predicted octanol–water partition coefficient (Wildman–Crippen LogP) is 3.92. The fraction of sp³-hybridized carbons (Fsp3) is 0.211. The van der Waals surface area contributed by atoms with Gasteiger partial charge in [0.05, 0.1) is 23.5 Å². The number of aryl methyl sites for hydroxylation is 1. The number of hydrogen-bond donors (Lipinski definition) is 0. The Bertz CT molecular complexity index is 909. The Morgan fingerprint density at radius 3 is 2.58 bits per heavy atom. The number of imidazole rings is 1. The van der Waals surface area contributed by atoms with Crippen molar-refractivity contribution in [2.45, 2.75) is 20.0 Å². The van der Waals surface area contributed by atoms with Crippen molar-refractivity contribution in [2.75, 3.05) is 7.05 Å². The van der Waals surface area contributed by atoms with E-state index in [1.807, 2.05) is 30.3 Å². The summed E-state index contributed by atoms with van der Waals surface area (Å²) < 4.78 is 26.6.